The van der Waals surface area contributed by atoms with E-state index in [0.717, 1.165) is 66.0 Å². The van der Waals surface area contributed by atoms with Crippen LogP contribution in [-0.2, 0) is 0 Å². The molecule has 0 spiro atoms. The van der Waals surface area contributed by atoms with Crippen LogP contribution >= 0.6 is 0 Å². The summed E-state index contributed by atoms with van der Waals surface area (Å²) in [5.74, 6) is 1.49. The van der Waals surface area contributed by atoms with Gasteiger partial charge >= 0.3 is 0 Å². The van der Waals surface area contributed by atoms with E-state index in [9.17, 15) is 0 Å². The van der Waals surface area contributed by atoms with Crippen molar-refractivity contribution in [3.05, 3.63) is 231 Å². The molecule has 9 aromatic carbocycles. The van der Waals surface area contributed by atoms with Crippen molar-refractivity contribution in [2.45, 2.75) is 0 Å². The predicted molar refractivity (Wildman–Crippen MR) is 286 cm³/mol. The molecule has 0 amide bonds. The summed E-state index contributed by atoms with van der Waals surface area (Å²) in [7, 11) is 1.67. The molecule has 0 atom stereocenters. The van der Waals surface area contributed by atoms with Crippen LogP contribution in [0, 0.1) is 0 Å². The van der Waals surface area contributed by atoms with E-state index in [4.69, 9.17) is 25.1 Å². The van der Waals surface area contributed by atoms with Gasteiger partial charge in [0, 0.05) is 17.1 Å². The Labute approximate surface area is 398 Å². The number of ether oxygens (including phenoxy) is 1. The Balaban J connectivity index is 1.42. The van der Waals surface area contributed by atoms with Crippen molar-refractivity contribution in [3.63, 3.8) is 0 Å². The van der Waals surface area contributed by atoms with E-state index in [0.29, 0.717) is 45.0 Å². The van der Waals surface area contributed by atoms with Gasteiger partial charge in [0.05, 0.1) is 23.7 Å². The van der Waals surface area contributed by atoms with Gasteiger partial charge in [-0.1, -0.05) is 158 Å². The summed E-state index contributed by atoms with van der Waals surface area (Å²) in [5, 5.41) is 39.4. The van der Waals surface area contributed by atoms with Gasteiger partial charge in [0.15, 0.2) is 17.4 Å². The molecular formula is C59H45N9O. The average Bonchev–Trinajstić information content (AvgIpc) is 3.41. The third-order valence-corrected chi connectivity index (χ3v) is 11.9. The van der Waals surface area contributed by atoms with Crippen LogP contribution in [0.2, 0.25) is 0 Å². The quantitative estimate of drug-likeness (QED) is 0.112. The van der Waals surface area contributed by atoms with Gasteiger partial charge in [0.25, 0.3) is 0 Å². The highest BCUT2D eigenvalue weighted by Crippen LogP contribution is 2.43. The lowest BCUT2D eigenvalue weighted by atomic mass is 10.0. The van der Waals surface area contributed by atoms with Crippen LogP contribution in [0.15, 0.2) is 231 Å². The van der Waals surface area contributed by atoms with E-state index in [1.54, 1.807) is 7.11 Å². The second-order valence-corrected chi connectivity index (χ2v) is 16.4. The second-order valence-electron chi connectivity index (χ2n) is 16.4. The molecule has 0 radical (unpaired) electrons. The number of nitrogens with zero attached hydrogens (tertiary/aromatic N) is 5. The van der Waals surface area contributed by atoms with Crippen molar-refractivity contribution >= 4 is 105 Å². The summed E-state index contributed by atoms with van der Waals surface area (Å²) < 4.78 is 8.63. The zero-order valence-electron chi connectivity index (χ0n) is 37.6. The van der Waals surface area contributed by atoms with Crippen LogP contribution in [0.3, 0.4) is 0 Å². The summed E-state index contributed by atoms with van der Waals surface area (Å²) in [5.41, 5.74) is 9.88. The molecule has 0 aliphatic carbocycles. The first-order chi connectivity index (χ1) is 34.1. The van der Waals surface area contributed by atoms with Crippen molar-refractivity contribution in [1.29, 1.82) is 0 Å². The number of fused-ring (bicyclic) bond motifs is 2. The Kier molecular flexibility index (Phi) is 11.7. The normalized spacial score (nSPS) is 11.0. The molecule has 0 fully saturated rings. The lowest BCUT2D eigenvalue weighted by Gasteiger charge is -2.20. The second kappa shape index (κ2) is 19.1. The molecule has 10 heteroatoms. The smallest absolute Gasteiger partial charge is 0.154 e. The van der Waals surface area contributed by atoms with Crippen molar-refractivity contribution in [2.24, 2.45) is 0 Å². The van der Waals surface area contributed by atoms with Gasteiger partial charge in [-0.2, -0.15) is 0 Å². The summed E-state index contributed by atoms with van der Waals surface area (Å²) in [4.78, 5) is 0. The van der Waals surface area contributed by atoms with Crippen molar-refractivity contribution in [1.82, 2.24) is 25.1 Å². The van der Waals surface area contributed by atoms with Gasteiger partial charge in [0.1, 0.15) is 22.2 Å². The van der Waals surface area contributed by atoms with E-state index in [1.807, 2.05) is 138 Å². The van der Waals surface area contributed by atoms with Gasteiger partial charge < -0.3 is 20.7 Å². The monoisotopic (exact) mass is 895 g/mol. The minimum Gasteiger partial charge on any atom is -0.494 e. The molecule has 10 nitrogen and oxygen atoms in total. The third-order valence-electron chi connectivity index (χ3n) is 11.9. The maximum absolute atomic E-state index is 6.62. The van der Waals surface area contributed by atoms with Gasteiger partial charge in [0.2, 0.25) is 0 Å². The third kappa shape index (κ3) is 9.18. The van der Waals surface area contributed by atoms with Crippen LogP contribution in [0.4, 0.5) is 40.1 Å². The SMILES string of the molecule is COc1c(Nc2ccccc2)c2nnc(Nc3ccccc3)cc3ccc(cc3)c3ccc(cc3)c1c1nnc(Nc3ccccc3)cc3ccc(cc3)c3ccc(cc3)n(Nc3ccccc3)c21. The Morgan fingerprint density at radius 3 is 1.23 bits per heavy atom. The maximum Gasteiger partial charge on any atom is 0.154 e. The molecule has 0 aliphatic rings. The molecule has 9 aromatic heterocycles. The van der Waals surface area contributed by atoms with Gasteiger partial charge in [-0.15, -0.1) is 20.4 Å². The molecular weight excluding hydrogens is 851 g/mol. The summed E-state index contributed by atoms with van der Waals surface area (Å²) in [6.45, 7) is 0. The zero-order valence-corrected chi connectivity index (χ0v) is 37.6. The number of hydrogen-bond acceptors (Lipinski definition) is 9. The van der Waals surface area contributed by atoms with Crippen molar-refractivity contribution in [3.8, 4) is 5.75 Å². The molecule has 18 rings (SSSR count). The first-order valence-corrected chi connectivity index (χ1v) is 22.7. The Morgan fingerprint density at radius 1 is 0.377 bits per heavy atom. The summed E-state index contributed by atoms with van der Waals surface area (Å²) in [6, 6.07) is 77.8. The first-order valence-electron chi connectivity index (χ1n) is 22.7. The number of para-hydroxylation sites is 4. The van der Waals surface area contributed by atoms with Crippen molar-refractivity contribution in [2.75, 3.05) is 28.5 Å². The molecule has 332 valence electrons. The van der Waals surface area contributed by atoms with E-state index >= 15 is 0 Å². The fraction of sp³-hybridized carbons (Fsp3) is 0.0169. The number of benzene rings is 9. The Hall–Kier alpha value is -9.54. The molecule has 0 saturated heterocycles. The van der Waals surface area contributed by atoms with Crippen LogP contribution in [0.5, 0.6) is 5.75 Å². The number of hydrogen-bond donors (Lipinski definition) is 4. The van der Waals surface area contributed by atoms with E-state index in [-0.39, 0.29) is 0 Å². The lowest BCUT2D eigenvalue weighted by molar-refractivity contribution is 0.422. The van der Waals surface area contributed by atoms with E-state index < -0.39 is 0 Å². The van der Waals surface area contributed by atoms with Gasteiger partial charge in [-0.25, -0.2) is 0 Å². The molecule has 9 heterocycles. The molecule has 10 bridgehead atoms. The average molecular weight is 896 g/mol. The van der Waals surface area contributed by atoms with Crippen molar-refractivity contribution < 1.29 is 4.74 Å². The van der Waals surface area contributed by atoms with Gasteiger partial charge in [-0.05, 0) is 110 Å². The van der Waals surface area contributed by atoms with E-state index in [1.165, 1.54) is 0 Å². The molecule has 18 aromatic rings. The predicted octanol–water partition coefficient (Wildman–Crippen LogP) is 14.9. The molecule has 0 saturated carbocycles. The number of anilines is 7. The number of methoxy groups -OCH3 is 1. The molecule has 0 unspecified atom stereocenters. The summed E-state index contributed by atoms with van der Waals surface area (Å²) in [6.07, 6.45) is 0. The molecule has 69 heavy (non-hydrogen) atoms. The van der Waals surface area contributed by atoms with E-state index in [2.05, 4.69) is 118 Å². The van der Waals surface area contributed by atoms with Crippen LogP contribution < -0.4 is 26.1 Å². The zero-order chi connectivity index (χ0) is 46.4. The fourth-order valence-electron chi connectivity index (χ4n) is 8.46. The topological polar surface area (TPSA) is 114 Å². The minimum absolute atomic E-state index is 0.416. The largest absolute Gasteiger partial charge is 0.494 e. The first kappa shape index (κ1) is 42.1. The lowest BCUT2D eigenvalue weighted by Crippen LogP contribution is -2.12. The fourth-order valence-corrected chi connectivity index (χ4v) is 8.46. The van der Waals surface area contributed by atoms with Crippen LogP contribution in [-0.4, -0.2) is 32.2 Å². The van der Waals surface area contributed by atoms with Crippen LogP contribution in [0.25, 0.3) is 65.2 Å². The Morgan fingerprint density at radius 2 is 0.768 bits per heavy atom. The number of aromatic nitrogens is 5. The standard InChI is InChI=1S/C59H45N9O/c1-69-59-54-46-32-30-44(31-33-46)42-26-22-41(23-27-42)39-53(61-48-16-8-3-9-17-48)64-66-56(57(59)62-49-18-10-4-11-19-49)58-55(54)65-63-52(60-47-14-6-2-7-15-47)38-40-24-28-43(29-25-40)45-34-36-51(37-35-45)68(58)67-50-20-12-5-13-21-50/h2-39,60,62,67H,1H3,(H,61,64). The highest BCUT2D eigenvalue weighted by atomic mass is 16.5. The number of nitrogens with one attached hydrogen (secondary N) is 4. The van der Waals surface area contributed by atoms with Crippen LogP contribution in [0.1, 0.15) is 0 Å². The Bertz CT molecular complexity index is 3750. The highest BCUT2D eigenvalue weighted by Gasteiger charge is 2.22. The molecule has 4 N–H and O–H groups in total. The molecule has 0 aliphatic heterocycles. The van der Waals surface area contributed by atoms with Gasteiger partial charge in [-0.3, -0.25) is 10.1 Å². The minimum atomic E-state index is 0.416. The summed E-state index contributed by atoms with van der Waals surface area (Å²) >= 11 is 0. The highest BCUT2D eigenvalue weighted by molar-refractivity contribution is 6.18. The maximum atomic E-state index is 6.62. The number of rotatable bonds is 9.